The summed E-state index contributed by atoms with van der Waals surface area (Å²) in [5.74, 6) is 0.231. The first-order valence-corrected chi connectivity index (χ1v) is 7.01. The SMILES string of the molecule is Cn1c(=O)n(C)c2c(Nc3ccc([N+](=O)[O-])cc3[N+](=O)[O-])nccc21. The van der Waals surface area contributed by atoms with E-state index in [2.05, 4.69) is 10.3 Å². The van der Waals surface area contributed by atoms with Gasteiger partial charge >= 0.3 is 5.69 Å². The minimum atomic E-state index is -0.723. The van der Waals surface area contributed by atoms with E-state index in [4.69, 9.17) is 0 Å². The number of rotatable bonds is 4. The molecule has 0 fully saturated rings. The van der Waals surface area contributed by atoms with E-state index in [-0.39, 0.29) is 17.2 Å². The number of nitro groups is 2. The highest BCUT2D eigenvalue weighted by Crippen LogP contribution is 2.32. The number of nitrogens with one attached hydrogen (secondary N) is 1. The van der Waals surface area contributed by atoms with Gasteiger partial charge in [-0.1, -0.05) is 0 Å². The number of non-ortho nitro benzene ring substituents is 1. The first-order valence-electron chi connectivity index (χ1n) is 7.01. The van der Waals surface area contributed by atoms with Crippen LogP contribution >= 0.6 is 0 Å². The standard InChI is InChI=1S/C14H12N6O5/c1-17-10-5-6-15-13(12(10)18(2)14(17)21)16-9-4-3-8(19(22)23)7-11(9)20(24)25/h3-7H,1-2H3,(H,15,16). The van der Waals surface area contributed by atoms with Crippen molar-refractivity contribution in [2.45, 2.75) is 0 Å². The van der Waals surface area contributed by atoms with Crippen molar-refractivity contribution in [1.29, 1.82) is 0 Å². The molecule has 3 aromatic rings. The van der Waals surface area contributed by atoms with Crippen molar-refractivity contribution < 1.29 is 9.85 Å². The number of nitrogens with zero attached hydrogens (tertiary/aromatic N) is 5. The summed E-state index contributed by atoms with van der Waals surface area (Å²) in [6.45, 7) is 0. The number of anilines is 2. The highest BCUT2D eigenvalue weighted by Gasteiger charge is 2.21. The van der Waals surface area contributed by atoms with Crippen LogP contribution in [0.3, 0.4) is 0 Å². The Bertz CT molecular complexity index is 1080. The van der Waals surface area contributed by atoms with E-state index < -0.39 is 21.2 Å². The lowest BCUT2D eigenvalue weighted by Crippen LogP contribution is -2.19. The van der Waals surface area contributed by atoms with Crippen molar-refractivity contribution in [2.75, 3.05) is 5.32 Å². The fourth-order valence-electron chi connectivity index (χ4n) is 2.58. The molecule has 0 atom stereocenters. The number of imidazole rings is 1. The number of pyridine rings is 1. The summed E-state index contributed by atoms with van der Waals surface area (Å²) in [6.07, 6.45) is 1.46. The Labute approximate surface area is 139 Å². The third-order valence-electron chi connectivity index (χ3n) is 3.82. The predicted octanol–water partition coefficient (Wildman–Crippen LogP) is 1.83. The summed E-state index contributed by atoms with van der Waals surface area (Å²) < 4.78 is 2.79. The zero-order chi connectivity index (χ0) is 18.3. The molecule has 0 saturated carbocycles. The molecule has 0 aliphatic heterocycles. The molecule has 2 heterocycles. The lowest BCUT2D eigenvalue weighted by Gasteiger charge is -2.08. The first-order chi connectivity index (χ1) is 11.8. The zero-order valence-electron chi connectivity index (χ0n) is 13.2. The number of hydrogen-bond donors (Lipinski definition) is 1. The van der Waals surface area contributed by atoms with E-state index in [1.807, 2.05) is 0 Å². The summed E-state index contributed by atoms with van der Waals surface area (Å²) in [6, 6.07) is 4.90. The molecule has 11 heteroatoms. The van der Waals surface area contributed by atoms with Gasteiger partial charge in [-0.05, 0) is 12.1 Å². The van der Waals surface area contributed by atoms with Crippen LogP contribution in [0.1, 0.15) is 0 Å². The van der Waals surface area contributed by atoms with E-state index in [0.717, 1.165) is 12.1 Å². The van der Waals surface area contributed by atoms with Crippen molar-refractivity contribution in [3.05, 3.63) is 61.2 Å². The van der Waals surface area contributed by atoms with E-state index in [0.29, 0.717) is 11.0 Å². The van der Waals surface area contributed by atoms with Crippen molar-refractivity contribution in [2.24, 2.45) is 14.1 Å². The lowest BCUT2D eigenvalue weighted by molar-refractivity contribution is -0.393. The van der Waals surface area contributed by atoms with Gasteiger partial charge in [0, 0.05) is 26.4 Å². The Hall–Kier alpha value is -3.76. The van der Waals surface area contributed by atoms with Gasteiger partial charge < -0.3 is 5.32 Å². The number of nitro benzene ring substituents is 2. The molecular formula is C14H12N6O5. The molecule has 0 radical (unpaired) electrons. The highest BCUT2D eigenvalue weighted by atomic mass is 16.6. The van der Waals surface area contributed by atoms with Gasteiger partial charge in [0.25, 0.3) is 11.4 Å². The van der Waals surface area contributed by atoms with Crippen LogP contribution in [-0.4, -0.2) is 24.0 Å². The van der Waals surface area contributed by atoms with Gasteiger partial charge in [-0.3, -0.25) is 29.4 Å². The normalized spacial score (nSPS) is 10.8. The van der Waals surface area contributed by atoms with Crippen LogP contribution in [0.2, 0.25) is 0 Å². The molecule has 2 aromatic heterocycles. The first kappa shape index (κ1) is 16.1. The number of benzene rings is 1. The molecule has 0 amide bonds. The Kier molecular flexibility index (Phi) is 3.68. The van der Waals surface area contributed by atoms with Gasteiger partial charge in [0.1, 0.15) is 11.2 Å². The molecule has 11 nitrogen and oxygen atoms in total. The second-order valence-electron chi connectivity index (χ2n) is 5.27. The molecule has 0 spiro atoms. The Morgan fingerprint density at radius 2 is 1.80 bits per heavy atom. The molecule has 3 rings (SSSR count). The van der Waals surface area contributed by atoms with Gasteiger partial charge in [-0.25, -0.2) is 9.78 Å². The third-order valence-corrected chi connectivity index (χ3v) is 3.82. The van der Waals surface area contributed by atoms with Gasteiger partial charge in [0.2, 0.25) is 0 Å². The fraction of sp³-hybridized carbons (Fsp3) is 0.143. The van der Waals surface area contributed by atoms with Crippen LogP contribution in [0.4, 0.5) is 22.9 Å². The average molecular weight is 344 g/mol. The van der Waals surface area contributed by atoms with Crippen molar-refractivity contribution in [1.82, 2.24) is 14.1 Å². The molecule has 0 bridgehead atoms. The van der Waals surface area contributed by atoms with E-state index >= 15 is 0 Å². The topological polar surface area (TPSA) is 138 Å². The predicted molar refractivity (Wildman–Crippen MR) is 89.0 cm³/mol. The third kappa shape index (κ3) is 2.56. The van der Waals surface area contributed by atoms with E-state index in [1.54, 1.807) is 20.2 Å². The zero-order valence-corrected chi connectivity index (χ0v) is 13.2. The molecule has 25 heavy (non-hydrogen) atoms. The Morgan fingerprint density at radius 3 is 2.44 bits per heavy atom. The quantitative estimate of drug-likeness (QED) is 0.562. The molecule has 0 unspecified atom stereocenters. The van der Waals surface area contributed by atoms with Crippen LogP contribution in [0.5, 0.6) is 0 Å². The van der Waals surface area contributed by atoms with Crippen LogP contribution in [-0.2, 0) is 14.1 Å². The van der Waals surface area contributed by atoms with Gasteiger partial charge in [0.05, 0.1) is 21.4 Å². The van der Waals surface area contributed by atoms with Crippen LogP contribution in [0.25, 0.3) is 11.0 Å². The molecule has 0 saturated heterocycles. The van der Waals surface area contributed by atoms with Gasteiger partial charge in [-0.2, -0.15) is 0 Å². The van der Waals surface area contributed by atoms with E-state index in [1.165, 1.54) is 21.4 Å². The second kappa shape index (κ2) is 5.70. The molecular weight excluding hydrogens is 332 g/mol. The molecule has 1 N–H and O–H groups in total. The van der Waals surface area contributed by atoms with Crippen molar-refractivity contribution >= 4 is 33.9 Å². The molecule has 1 aromatic carbocycles. The van der Waals surface area contributed by atoms with Gasteiger partial charge in [-0.15, -0.1) is 0 Å². The lowest BCUT2D eigenvalue weighted by atomic mass is 10.2. The summed E-state index contributed by atoms with van der Waals surface area (Å²) in [7, 11) is 3.16. The maximum Gasteiger partial charge on any atom is 0.328 e. The second-order valence-corrected chi connectivity index (χ2v) is 5.27. The van der Waals surface area contributed by atoms with Crippen LogP contribution in [0.15, 0.2) is 35.3 Å². The number of fused-ring (bicyclic) bond motifs is 1. The van der Waals surface area contributed by atoms with E-state index in [9.17, 15) is 25.0 Å². The molecule has 128 valence electrons. The van der Waals surface area contributed by atoms with Gasteiger partial charge in [0.15, 0.2) is 5.82 Å². The fourth-order valence-corrected chi connectivity index (χ4v) is 2.58. The minimum absolute atomic E-state index is 0.0342. The monoisotopic (exact) mass is 344 g/mol. The number of aryl methyl sites for hydroxylation is 2. The largest absolute Gasteiger partial charge is 0.333 e. The smallest absolute Gasteiger partial charge is 0.328 e. The maximum absolute atomic E-state index is 12.1. The van der Waals surface area contributed by atoms with Crippen LogP contribution in [0, 0.1) is 20.2 Å². The Morgan fingerprint density at radius 1 is 1.08 bits per heavy atom. The maximum atomic E-state index is 12.1. The van der Waals surface area contributed by atoms with Crippen molar-refractivity contribution in [3.63, 3.8) is 0 Å². The number of hydrogen-bond acceptors (Lipinski definition) is 7. The van der Waals surface area contributed by atoms with Crippen LogP contribution < -0.4 is 11.0 Å². The van der Waals surface area contributed by atoms with Crippen molar-refractivity contribution in [3.8, 4) is 0 Å². The Balaban J connectivity index is 2.17. The average Bonchev–Trinajstić information content (AvgIpc) is 2.80. The summed E-state index contributed by atoms with van der Waals surface area (Å²) in [4.78, 5) is 36.8. The summed E-state index contributed by atoms with van der Waals surface area (Å²) in [5.41, 5.74) is -0.0437. The molecule has 0 aliphatic rings. The number of aromatic nitrogens is 3. The summed E-state index contributed by atoms with van der Waals surface area (Å²) in [5, 5.41) is 24.8. The highest BCUT2D eigenvalue weighted by molar-refractivity contribution is 5.89. The molecule has 0 aliphatic carbocycles. The summed E-state index contributed by atoms with van der Waals surface area (Å²) >= 11 is 0. The minimum Gasteiger partial charge on any atom is -0.333 e.